The highest BCUT2D eigenvalue weighted by Crippen LogP contribution is 2.27. The molecule has 0 amide bonds. The minimum absolute atomic E-state index is 0.0196. The van der Waals surface area contributed by atoms with Crippen LogP contribution in [0.1, 0.15) is 31.5 Å². The van der Waals surface area contributed by atoms with Crippen LogP contribution in [0, 0.1) is 0 Å². The molecule has 0 aliphatic carbocycles. The van der Waals surface area contributed by atoms with Gasteiger partial charge in [0.25, 0.3) is 0 Å². The summed E-state index contributed by atoms with van der Waals surface area (Å²) in [6.45, 7) is 2.11. The molecule has 0 saturated carbocycles. The molecule has 1 rings (SSSR count). The second-order valence-corrected chi connectivity index (χ2v) is 3.80. The van der Waals surface area contributed by atoms with Crippen LogP contribution in [0.5, 0.6) is 5.75 Å². The van der Waals surface area contributed by atoms with Crippen molar-refractivity contribution in [2.45, 2.75) is 31.9 Å². The first-order valence-electron chi connectivity index (χ1n) is 5.76. The Hall–Kier alpha value is -1.17. The molecular formula is C12H21N3O2. The molecule has 2 unspecified atom stereocenters. The van der Waals surface area contributed by atoms with Gasteiger partial charge in [-0.3, -0.25) is 10.8 Å². The first-order valence-corrected chi connectivity index (χ1v) is 5.76. The molecule has 3 N–H and O–H groups in total. The van der Waals surface area contributed by atoms with Crippen molar-refractivity contribution in [3.05, 3.63) is 24.0 Å². The Balaban J connectivity index is 2.98. The van der Waals surface area contributed by atoms with Crippen LogP contribution in [0.2, 0.25) is 0 Å². The highest BCUT2D eigenvalue weighted by Gasteiger charge is 2.25. The number of nitrogens with zero attached hydrogens (tertiary/aromatic N) is 1. The lowest BCUT2D eigenvalue weighted by molar-refractivity contribution is 0.0584. The van der Waals surface area contributed by atoms with E-state index in [4.69, 9.17) is 15.3 Å². The molecule has 0 radical (unpaired) electrons. The molecule has 0 spiro atoms. The smallest absolute Gasteiger partial charge is 0.142 e. The molecule has 1 aromatic heterocycles. The Labute approximate surface area is 102 Å². The van der Waals surface area contributed by atoms with E-state index in [9.17, 15) is 0 Å². The number of nitrogens with two attached hydrogens (primary N) is 1. The van der Waals surface area contributed by atoms with Crippen molar-refractivity contribution in [3.63, 3.8) is 0 Å². The SMILES string of the molecule is CCCC(OC)C(NN)c1ncccc1OC. The minimum Gasteiger partial charge on any atom is -0.495 e. The number of hydrogen-bond donors (Lipinski definition) is 2. The zero-order valence-electron chi connectivity index (χ0n) is 10.6. The fourth-order valence-electron chi connectivity index (χ4n) is 1.88. The largest absolute Gasteiger partial charge is 0.495 e. The number of hydrazine groups is 1. The third kappa shape index (κ3) is 3.39. The van der Waals surface area contributed by atoms with Gasteiger partial charge in [-0.1, -0.05) is 13.3 Å². The normalized spacial score (nSPS) is 14.4. The van der Waals surface area contributed by atoms with Crippen LogP contribution in [-0.4, -0.2) is 25.3 Å². The van der Waals surface area contributed by atoms with Crippen LogP contribution in [-0.2, 0) is 4.74 Å². The molecule has 0 aliphatic heterocycles. The zero-order chi connectivity index (χ0) is 12.7. The summed E-state index contributed by atoms with van der Waals surface area (Å²) < 4.78 is 10.7. The molecule has 0 aliphatic rings. The van der Waals surface area contributed by atoms with Gasteiger partial charge < -0.3 is 9.47 Å². The van der Waals surface area contributed by atoms with Crippen LogP contribution in [0.3, 0.4) is 0 Å². The van der Waals surface area contributed by atoms with E-state index in [-0.39, 0.29) is 12.1 Å². The molecule has 1 aromatic rings. The van der Waals surface area contributed by atoms with Crippen LogP contribution < -0.4 is 16.0 Å². The highest BCUT2D eigenvalue weighted by atomic mass is 16.5. The maximum atomic E-state index is 5.61. The average Bonchev–Trinajstić information content (AvgIpc) is 2.39. The Morgan fingerprint density at radius 3 is 2.76 bits per heavy atom. The molecule has 2 atom stereocenters. The summed E-state index contributed by atoms with van der Waals surface area (Å²) in [5.74, 6) is 6.33. The van der Waals surface area contributed by atoms with Gasteiger partial charge in [-0.25, -0.2) is 5.43 Å². The van der Waals surface area contributed by atoms with E-state index in [1.54, 1.807) is 20.4 Å². The molecule has 0 aromatic carbocycles. The number of methoxy groups -OCH3 is 2. The maximum absolute atomic E-state index is 5.61. The van der Waals surface area contributed by atoms with Crippen LogP contribution in [0.25, 0.3) is 0 Å². The third-order valence-corrected chi connectivity index (χ3v) is 2.74. The molecular weight excluding hydrogens is 218 g/mol. The van der Waals surface area contributed by atoms with Gasteiger partial charge in [-0.05, 0) is 18.6 Å². The summed E-state index contributed by atoms with van der Waals surface area (Å²) in [4.78, 5) is 4.32. The summed E-state index contributed by atoms with van der Waals surface area (Å²) in [5.41, 5.74) is 3.54. The quantitative estimate of drug-likeness (QED) is 0.556. The van der Waals surface area contributed by atoms with E-state index in [1.165, 1.54) is 0 Å². The topological polar surface area (TPSA) is 69.4 Å². The molecule has 0 saturated heterocycles. The summed E-state index contributed by atoms with van der Waals surface area (Å²) in [5, 5.41) is 0. The maximum Gasteiger partial charge on any atom is 0.142 e. The number of pyridine rings is 1. The molecule has 5 heteroatoms. The molecule has 0 fully saturated rings. The van der Waals surface area contributed by atoms with Crippen molar-refractivity contribution in [1.82, 2.24) is 10.4 Å². The fraction of sp³-hybridized carbons (Fsp3) is 0.583. The van der Waals surface area contributed by atoms with Crippen LogP contribution in [0.15, 0.2) is 18.3 Å². The van der Waals surface area contributed by atoms with E-state index in [2.05, 4.69) is 17.3 Å². The molecule has 5 nitrogen and oxygen atoms in total. The standard InChI is InChI=1S/C12H21N3O2/c1-4-6-9(16-2)12(15-13)11-10(17-3)7-5-8-14-11/h5,7-9,12,15H,4,6,13H2,1-3H3. The molecule has 96 valence electrons. The lowest BCUT2D eigenvalue weighted by atomic mass is 10.0. The van der Waals surface area contributed by atoms with Gasteiger partial charge in [0.2, 0.25) is 0 Å². The van der Waals surface area contributed by atoms with Gasteiger partial charge >= 0.3 is 0 Å². The van der Waals surface area contributed by atoms with Crippen molar-refractivity contribution >= 4 is 0 Å². The van der Waals surface area contributed by atoms with Gasteiger partial charge in [-0.2, -0.15) is 0 Å². The van der Waals surface area contributed by atoms with Gasteiger partial charge in [0.15, 0.2) is 0 Å². The first kappa shape index (κ1) is 13.9. The third-order valence-electron chi connectivity index (χ3n) is 2.74. The monoisotopic (exact) mass is 239 g/mol. The van der Waals surface area contributed by atoms with Gasteiger partial charge in [0, 0.05) is 13.3 Å². The second-order valence-electron chi connectivity index (χ2n) is 3.80. The number of aromatic nitrogens is 1. The van der Waals surface area contributed by atoms with E-state index < -0.39 is 0 Å². The van der Waals surface area contributed by atoms with Crippen molar-refractivity contribution in [1.29, 1.82) is 0 Å². The Morgan fingerprint density at radius 1 is 1.47 bits per heavy atom. The summed E-state index contributed by atoms with van der Waals surface area (Å²) >= 11 is 0. The molecule has 1 heterocycles. The summed E-state index contributed by atoms with van der Waals surface area (Å²) in [6.07, 6.45) is 3.63. The van der Waals surface area contributed by atoms with Crippen molar-refractivity contribution in [2.24, 2.45) is 5.84 Å². The van der Waals surface area contributed by atoms with Gasteiger partial charge in [-0.15, -0.1) is 0 Å². The number of rotatable bonds is 7. The van der Waals surface area contributed by atoms with Crippen molar-refractivity contribution in [2.75, 3.05) is 14.2 Å². The van der Waals surface area contributed by atoms with Gasteiger partial charge in [0.1, 0.15) is 11.4 Å². The molecule has 17 heavy (non-hydrogen) atoms. The lowest BCUT2D eigenvalue weighted by Gasteiger charge is -2.25. The highest BCUT2D eigenvalue weighted by molar-refractivity contribution is 5.30. The predicted octanol–water partition coefficient (Wildman–Crippen LogP) is 1.41. The number of nitrogens with one attached hydrogen (secondary N) is 1. The number of ether oxygens (including phenoxy) is 2. The second kappa shape index (κ2) is 7.21. The van der Waals surface area contributed by atoms with Gasteiger partial charge in [0.05, 0.1) is 19.3 Å². The van der Waals surface area contributed by atoms with E-state index in [0.717, 1.165) is 18.5 Å². The fourth-order valence-corrected chi connectivity index (χ4v) is 1.88. The Kier molecular flexibility index (Phi) is 5.90. The zero-order valence-corrected chi connectivity index (χ0v) is 10.6. The minimum atomic E-state index is -0.170. The van der Waals surface area contributed by atoms with Crippen molar-refractivity contribution in [3.8, 4) is 5.75 Å². The van der Waals surface area contributed by atoms with Crippen LogP contribution >= 0.6 is 0 Å². The Morgan fingerprint density at radius 2 is 2.24 bits per heavy atom. The van der Waals surface area contributed by atoms with Crippen molar-refractivity contribution < 1.29 is 9.47 Å². The summed E-state index contributed by atoms with van der Waals surface area (Å²) in [7, 11) is 3.30. The number of hydrogen-bond acceptors (Lipinski definition) is 5. The van der Waals surface area contributed by atoms with E-state index >= 15 is 0 Å². The Bertz CT molecular complexity index is 333. The summed E-state index contributed by atoms with van der Waals surface area (Å²) in [6, 6.07) is 3.53. The van der Waals surface area contributed by atoms with Crippen LogP contribution in [0.4, 0.5) is 0 Å². The van der Waals surface area contributed by atoms with E-state index in [1.807, 2.05) is 12.1 Å². The predicted molar refractivity (Wildman–Crippen MR) is 66.6 cm³/mol. The van der Waals surface area contributed by atoms with E-state index in [0.29, 0.717) is 5.75 Å². The first-order chi connectivity index (χ1) is 8.28. The average molecular weight is 239 g/mol. The molecule has 0 bridgehead atoms. The lowest BCUT2D eigenvalue weighted by Crippen LogP contribution is -2.38.